The van der Waals surface area contributed by atoms with Crippen LogP contribution in [0.2, 0.25) is 0 Å². The molecule has 2 rings (SSSR count). The minimum atomic E-state index is 0.000370. The van der Waals surface area contributed by atoms with Gasteiger partial charge in [0, 0.05) is 11.6 Å². The lowest BCUT2D eigenvalue weighted by atomic mass is 9.81. The molecule has 0 amide bonds. The van der Waals surface area contributed by atoms with E-state index in [2.05, 4.69) is 44.2 Å². The fourth-order valence-corrected chi connectivity index (χ4v) is 2.51. The third-order valence-corrected chi connectivity index (χ3v) is 3.43. The lowest BCUT2D eigenvalue weighted by Gasteiger charge is -2.15. The van der Waals surface area contributed by atoms with E-state index in [1.165, 1.54) is 17.0 Å². The Hall–Kier alpha value is -1.57. The average Bonchev–Trinajstić information content (AvgIpc) is 2.59. The fraction of sp³-hybridized carbons (Fsp3) is 0.438. The topological polar surface area (TPSA) is 12.2 Å². The zero-order valence-electron chi connectivity index (χ0n) is 12.4. The number of methoxy groups -OCH3 is 1. The Bertz CT molecular complexity index is 484. The van der Waals surface area contributed by atoms with Gasteiger partial charge in [-0.3, -0.25) is 0 Å². The zero-order chi connectivity index (χ0) is 13.9. The molecule has 0 aliphatic carbocycles. The smallest absolute Gasteiger partial charge is 0.209 e. The van der Waals surface area contributed by atoms with E-state index in [9.17, 15) is 0 Å². The molecule has 0 bridgehead atoms. The molecule has 18 heavy (non-hydrogen) atoms. The maximum Gasteiger partial charge on any atom is 0.209 e. The number of hydrogen-bond acceptors (Lipinski definition) is 1. The van der Waals surface area contributed by atoms with Crippen LogP contribution in [0, 0.1) is 0 Å². The first-order chi connectivity index (χ1) is 8.52. The highest BCUT2D eigenvalue weighted by Gasteiger charge is 2.42. The van der Waals surface area contributed by atoms with Gasteiger partial charge in [-0.05, 0) is 32.1 Å². The predicted octanol–water partition coefficient (Wildman–Crippen LogP) is 3.91. The quantitative estimate of drug-likeness (QED) is 0.721. The van der Waals surface area contributed by atoms with Gasteiger partial charge in [-0.25, -0.2) is 0 Å². The summed E-state index contributed by atoms with van der Waals surface area (Å²) in [6.07, 6.45) is 1.94. The predicted molar refractivity (Wildman–Crippen MR) is 78.4 cm³/mol. The van der Waals surface area contributed by atoms with Crippen LogP contribution >= 0.6 is 0 Å². The molecule has 0 N–H and O–H groups in total. The lowest BCUT2D eigenvalue weighted by Crippen LogP contribution is -2.26. The number of benzene rings is 1. The van der Waals surface area contributed by atoms with Crippen LogP contribution in [-0.4, -0.2) is 24.4 Å². The lowest BCUT2D eigenvalue weighted by molar-refractivity contribution is -0.401. The first-order valence-electron chi connectivity index (χ1n) is 6.44. The third-order valence-electron chi connectivity index (χ3n) is 3.43. The van der Waals surface area contributed by atoms with Crippen molar-refractivity contribution in [2.45, 2.75) is 33.1 Å². The Labute approximate surface area is 111 Å². The molecule has 0 radical (unpaired) electrons. The molecular weight excluding hydrogens is 222 g/mol. The summed E-state index contributed by atoms with van der Waals surface area (Å²) < 4.78 is 7.48. The number of hydrogen-bond donors (Lipinski definition) is 0. The molecule has 0 aromatic heterocycles. The van der Waals surface area contributed by atoms with E-state index in [0.717, 1.165) is 5.75 Å². The van der Waals surface area contributed by atoms with Crippen molar-refractivity contribution in [3.8, 4) is 5.75 Å². The normalized spacial score (nSPS) is 15.7. The van der Waals surface area contributed by atoms with Crippen LogP contribution in [0.5, 0.6) is 5.75 Å². The monoisotopic (exact) mass is 246 g/mol. The van der Waals surface area contributed by atoms with E-state index in [1.54, 1.807) is 7.11 Å². The molecule has 2 heteroatoms. The molecule has 1 aromatic rings. The second kappa shape index (κ2) is 5.38. The van der Waals surface area contributed by atoms with Crippen molar-refractivity contribution in [1.29, 1.82) is 0 Å². The highest BCUT2D eigenvalue weighted by molar-refractivity contribution is 6.02. The summed E-state index contributed by atoms with van der Waals surface area (Å²) in [4.78, 5) is 0. The van der Waals surface area contributed by atoms with Crippen LogP contribution in [0.3, 0.4) is 0 Å². The van der Waals surface area contributed by atoms with Gasteiger partial charge in [0.25, 0.3) is 0 Å². The van der Waals surface area contributed by atoms with Gasteiger partial charge in [0.15, 0.2) is 5.71 Å². The molecule has 2 nitrogen and oxygen atoms in total. The molecule has 1 heterocycles. The van der Waals surface area contributed by atoms with E-state index in [-0.39, 0.29) is 5.41 Å². The zero-order valence-corrected chi connectivity index (χ0v) is 12.4. The van der Waals surface area contributed by atoms with Gasteiger partial charge in [-0.15, -0.1) is 0 Å². The van der Waals surface area contributed by atoms with E-state index in [1.807, 2.05) is 26.0 Å². The largest absolute Gasteiger partial charge is 0.497 e. The molecule has 0 fully saturated rings. The van der Waals surface area contributed by atoms with Crippen molar-refractivity contribution in [3.05, 3.63) is 36.4 Å². The minimum Gasteiger partial charge on any atom is -0.497 e. The Morgan fingerprint density at radius 3 is 2.39 bits per heavy atom. The molecule has 98 valence electrons. The maximum absolute atomic E-state index is 5.28. The maximum atomic E-state index is 5.28. The first-order valence-corrected chi connectivity index (χ1v) is 6.44. The van der Waals surface area contributed by atoms with Gasteiger partial charge < -0.3 is 4.74 Å². The molecule has 1 aliphatic heterocycles. The summed E-state index contributed by atoms with van der Waals surface area (Å²) in [5, 5.41) is 0. The SMILES string of the molecule is C=CC1=[N+](C)c2ccc(OC)cc2C1(C)C.CC. The van der Waals surface area contributed by atoms with Crippen molar-refractivity contribution < 1.29 is 9.31 Å². The minimum absolute atomic E-state index is 0.000370. The number of allylic oxidation sites excluding steroid dienone is 1. The molecule has 0 atom stereocenters. The van der Waals surface area contributed by atoms with Crippen molar-refractivity contribution in [3.63, 3.8) is 0 Å². The van der Waals surface area contributed by atoms with Gasteiger partial charge in [-0.2, -0.15) is 4.58 Å². The van der Waals surface area contributed by atoms with Gasteiger partial charge >= 0.3 is 0 Å². The summed E-state index contributed by atoms with van der Waals surface area (Å²) >= 11 is 0. The van der Waals surface area contributed by atoms with Crippen molar-refractivity contribution >= 4 is 11.4 Å². The van der Waals surface area contributed by atoms with E-state index in [4.69, 9.17) is 4.74 Å². The number of ether oxygens (including phenoxy) is 1. The summed E-state index contributed by atoms with van der Waals surface area (Å²) in [5.41, 5.74) is 3.76. The first kappa shape index (κ1) is 14.5. The second-order valence-electron chi connectivity index (χ2n) is 4.66. The van der Waals surface area contributed by atoms with Crippen molar-refractivity contribution in [1.82, 2.24) is 0 Å². The van der Waals surface area contributed by atoms with Crippen LogP contribution in [0.25, 0.3) is 0 Å². The molecule has 0 unspecified atom stereocenters. The number of rotatable bonds is 2. The summed E-state index contributed by atoms with van der Waals surface area (Å²) in [6, 6.07) is 6.21. The van der Waals surface area contributed by atoms with Gasteiger partial charge in [0.2, 0.25) is 5.69 Å². The highest BCUT2D eigenvalue weighted by atomic mass is 16.5. The van der Waals surface area contributed by atoms with Crippen LogP contribution in [0.4, 0.5) is 5.69 Å². The van der Waals surface area contributed by atoms with Crippen LogP contribution < -0.4 is 4.74 Å². The Morgan fingerprint density at radius 2 is 1.89 bits per heavy atom. The standard InChI is InChI=1S/C14H18NO.C2H6/c1-6-13-14(2,3)11-9-10(16-5)7-8-12(11)15(13)4;1-2/h6-9H,1H2,2-5H3;1-2H3/q+1;. The molecule has 0 saturated carbocycles. The Balaban J connectivity index is 0.000000771. The van der Waals surface area contributed by atoms with Crippen LogP contribution in [0.15, 0.2) is 30.9 Å². The van der Waals surface area contributed by atoms with Gasteiger partial charge in [0.05, 0.1) is 12.5 Å². The van der Waals surface area contributed by atoms with Crippen LogP contribution in [-0.2, 0) is 5.41 Å². The van der Waals surface area contributed by atoms with Crippen molar-refractivity contribution in [2.75, 3.05) is 14.2 Å². The molecule has 1 aromatic carbocycles. The molecule has 1 aliphatic rings. The number of nitrogens with zero attached hydrogens (tertiary/aromatic N) is 1. The number of fused-ring (bicyclic) bond motifs is 1. The average molecular weight is 246 g/mol. The summed E-state index contributed by atoms with van der Waals surface area (Å²) in [6.45, 7) is 12.3. The summed E-state index contributed by atoms with van der Waals surface area (Å²) in [5.74, 6) is 0.908. The van der Waals surface area contributed by atoms with E-state index < -0.39 is 0 Å². The van der Waals surface area contributed by atoms with Gasteiger partial charge in [0.1, 0.15) is 12.8 Å². The van der Waals surface area contributed by atoms with E-state index in [0.29, 0.717) is 0 Å². The Kier molecular flexibility index (Phi) is 4.33. The van der Waals surface area contributed by atoms with Crippen molar-refractivity contribution in [2.24, 2.45) is 0 Å². The van der Waals surface area contributed by atoms with Gasteiger partial charge in [-0.1, -0.05) is 20.4 Å². The molecule has 0 spiro atoms. The second-order valence-corrected chi connectivity index (χ2v) is 4.66. The molecule has 0 saturated heterocycles. The summed E-state index contributed by atoms with van der Waals surface area (Å²) in [7, 11) is 3.78. The van der Waals surface area contributed by atoms with Crippen LogP contribution in [0.1, 0.15) is 33.3 Å². The Morgan fingerprint density at radius 1 is 1.28 bits per heavy atom. The fourth-order valence-electron chi connectivity index (χ4n) is 2.51. The molecular formula is C16H24NO+. The highest BCUT2D eigenvalue weighted by Crippen LogP contribution is 2.40. The third kappa shape index (κ3) is 2.07. The van der Waals surface area contributed by atoms with E-state index >= 15 is 0 Å².